The van der Waals surface area contributed by atoms with Gasteiger partial charge in [-0.3, -0.25) is 9.78 Å². The van der Waals surface area contributed by atoms with E-state index >= 15 is 0 Å². The van der Waals surface area contributed by atoms with Gasteiger partial charge >= 0.3 is 0 Å². The van der Waals surface area contributed by atoms with Crippen LogP contribution in [0, 0.1) is 6.92 Å². The summed E-state index contributed by atoms with van der Waals surface area (Å²) < 4.78 is 12.9. The molecule has 2 atom stereocenters. The Hall–Kier alpha value is -2.45. The molecule has 3 heterocycles. The molecule has 0 aromatic carbocycles. The van der Waals surface area contributed by atoms with E-state index in [1.54, 1.807) is 12.3 Å². The number of amides is 1. The molecule has 25 heavy (non-hydrogen) atoms. The van der Waals surface area contributed by atoms with Crippen molar-refractivity contribution in [2.24, 2.45) is 0 Å². The van der Waals surface area contributed by atoms with Crippen LogP contribution in [0.1, 0.15) is 17.8 Å². The van der Waals surface area contributed by atoms with E-state index in [4.69, 9.17) is 15.2 Å². The van der Waals surface area contributed by atoms with Gasteiger partial charge in [0.2, 0.25) is 5.91 Å². The van der Waals surface area contributed by atoms with Gasteiger partial charge in [-0.2, -0.15) is 5.10 Å². The molecule has 1 saturated heterocycles. The molecule has 1 aliphatic rings. The fourth-order valence-electron chi connectivity index (χ4n) is 2.80. The Labute approximate surface area is 146 Å². The van der Waals surface area contributed by atoms with Crippen LogP contribution in [0.5, 0.6) is 0 Å². The molecule has 0 bridgehead atoms. The van der Waals surface area contributed by atoms with Gasteiger partial charge in [-0.05, 0) is 25.5 Å². The van der Waals surface area contributed by atoms with Gasteiger partial charge in [-0.15, -0.1) is 0 Å². The molecule has 1 amide bonds. The third kappa shape index (κ3) is 4.77. The highest BCUT2D eigenvalue weighted by molar-refractivity contribution is 5.76. The van der Waals surface area contributed by atoms with Crippen molar-refractivity contribution in [1.82, 2.24) is 20.1 Å². The summed E-state index contributed by atoms with van der Waals surface area (Å²) in [6.45, 7) is 3.35. The molecule has 0 spiro atoms. The summed E-state index contributed by atoms with van der Waals surface area (Å²) in [6, 6.07) is 7.31. The minimum absolute atomic E-state index is 0.0873. The first-order valence-corrected chi connectivity index (χ1v) is 8.30. The van der Waals surface area contributed by atoms with Gasteiger partial charge in [0.25, 0.3) is 0 Å². The number of nitrogens with zero attached hydrogens (tertiary/aromatic N) is 3. The Morgan fingerprint density at radius 1 is 1.52 bits per heavy atom. The lowest BCUT2D eigenvalue weighted by Crippen LogP contribution is -2.50. The summed E-state index contributed by atoms with van der Waals surface area (Å²) in [5.74, 6) is 0.329. The van der Waals surface area contributed by atoms with Gasteiger partial charge in [-0.25, -0.2) is 4.68 Å². The lowest BCUT2D eigenvalue weighted by atomic mass is 10.1. The highest BCUT2D eigenvalue weighted by Gasteiger charge is 2.28. The zero-order chi connectivity index (χ0) is 17.6. The number of rotatable bonds is 6. The van der Waals surface area contributed by atoms with E-state index < -0.39 is 0 Å². The number of nitrogens with one attached hydrogen (secondary N) is 1. The minimum Gasteiger partial charge on any atom is -0.384 e. The first-order valence-electron chi connectivity index (χ1n) is 8.30. The second-order valence-corrected chi connectivity index (χ2v) is 6.08. The van der Waals surface area contributed by atoms with E-state index in [-0.39, 0.29) is 24.6 Å². The molecule has 2 aromatic rings. The molecule has 2 aromatic heterocycles. The lowest BCUT2D eigenvalue weighted by Gasteiger charge is -2.32. The number of nitrogens with two attached hydrogens (primary N) is 1. The van der Waals surface area contributed by atoms with Gasteiger partial charge in [0.05, 0.1) is 30.6 Å². The van der Waals surface area contributed by atoms with E-state index in [9.17, 15) is 4.79 Å². The maximum absolute atomic E-state index is 12.3. The van der Waals surface area contributed by atoms with Crippen LogP contribution in [0.4, 0.5) is 5.82 Å². The standard InChI is InChI=1S/C17H23N5O3/c1-12-8-16(18)22(21-12)9-17(23)20-14-5-7-24-11-15(14)25-10-13-4-2-3-6-19-13/h2-4,6,8,14-15H,5,7,9-11,18H2,1H3,(H,20,23)/t14-,15-/m1/s1. The van der Waals surface area contributed by atoms with Crippen molar-refractivity contribution in [3.05, 3.63) is 41.9 Å². The maximum atomic E-state index is 12.3. The van der Waals surface area contributed by atoms with Crippen molar-refractivity contribution < 1.29 is 14.3 Å². The second kappa shape index (κ2) is 8.09. The number of pyridine rings is 1. The van der Waals surface area contributed by atoms with E-state index in [0.717, 1.165) is 11.4 Å². The molecule has 1 fully saturated rings. The quantitative estimate of drug-likeness (QED) is 0.797. The van der Waals surface area contributed by atoms with Crippen LogP contribution in [-0.2, 0) is 27.4 Å². The smallest absolute Gasteiger partial charge is 0.242 e. The van der Waals surface area contributed by atoms with Crippen molar-refractivity contribution in [3.8, 4) is 0 Å². The Balaban J connectivity index is 1.55. The highest BCUT2D eigenvalue weighted by atomic mass is 16.5. The van der Waals surface area contributed by atoms with Gasteiger partial charge in [-0.1, -0.05) is 6.07 Å². The first-order chi connectivity index (χ1) is 12.1. The third-order valence-corrected chi connectivity index (χ3v) is 4.05. The van der Waals surface area contributed by atoms with Gasteiger partial charge in [0.15, 0.2) is 0 Å². The number of carbonyl (C=O) groups is 1. The van der Waals surface area contributed by atoms with Crippen molar-refractivity contribution >= 4 is 11.7 Å². The molecule has 0 radical (unpaired) electrons. The number of carbonyl (C=O) groups excluding carboxylic acids is 1. The number of hydrogen-bond acceptors (Lipinski definition) is 6. The van der Waals surface area contributed by atoms with E-state index in [1.165, 1.54) is 4.68 Å². The summed E-state index contributed by atoms with van der Waals surface area (Å²) in [7, 11) is 0. The van der Waals surface area contributed by atoms with Crippen molar-refractivity contribution in [1.29, 1.82) is 0 Å². The van der Waals surface area contributed by atoms with E-state index in [2.05, 4.69) is 15.4 Å². The molecule has 3 rings (SSSR count). The molecule has 0 aliphatic carbocycles. The highest BCUT2D eigenvalue weighted by Crippen LogP contribution is 2.14. The molecule has 0 unspecified atom stereocenters. The summed E-state index contributed by atoms with van der Waals surface area (Å²) in [6.07, 6.45) is 2.22. The Morgan fingerprint density at radius 3 is 3.12 bits per heavy atom. The van der Waals surface area contributed by atoms with Crippen LogP contribution in [-0.4, -0.2) is 46.0 Å². The summed E-state index contributed by atoms with van der Waals surface area (Å²) >= 11 is 0. The summed E-state index contributed by atoms with van der Waals surface area (Å²) in [4.78, 5) is 16.6. The van der Waals surface area contributed by atoms with Crippen LogP contribution in [0.3, 0.4) is 0 Å². The Bertz CT molecular complexity index is 704. The van der Waals surface area contributed by atoms with Crippen LogP contribution in [0.15, 0.2) is 30.5 Å². The fourth-order valence-corrected chi connectivity index (χ4v) is 2.80. The minimum atomic E-state index is -0.212. The summed E-state index contributed by atoms with van der Waals surface area (Å²) in [5, 5.41) is 7.21. The van der Waals surface area contributed by atoms with Gasteiger partial charge in [0, 0.05) is 18.9 Å². The molecule has 0 saturated carbocycles. The Kier molecular flexibility index (Phi) is 5.62. The number of hydrogen-bond donors (Lipinski definition) is 2. The van der Waals surface area contributed by atoms with Gasteiger partial charge in [0.1, 0.15) is 18.5 Å². The van der Waals surface area contributed by atoms with Crippen LogP contribution in [0.25, 0.3) is 0 Å². The topological polar surface area (TPSA) is 104 Å². The third-order valence-electron chi connectivity index (χ3n) is 4.05. The molecule has 8 nitrogen and oxygen atoms in total. The number of ether oxygens (including phenoxy) is 2. The maximum Gasteiger partial charge on any atom is 0.242 e. The van der Waals surface area contributed by atoms with Crippen LogP contribution in [0.2, 0.25) is 0 Å². The normalized spacial score (nSPS) is 20.4. The SMILES string of the molecule is Cc1cc(N)n(CC(=O)N[C@@H]2CCOC[C@H]2OCc2ccccn2)n1. The van der Waals surface area contributed by atoms with Crippen LogP contribution >= 0.6 is 0 Å². The molecule has 8 heteroatoms. The molecular formula is C17H23N5O3. The number of nitrogen functional groups attached to an aromatic ring is 1. The zero-order valence-electron chi connectivity index (χ0n) is 14.2. The monoisotopic (exact) mass is 345 g/mol. The van der Waals surface area contributed by atoms with Crippen molar-refractivity contribution in [2.75, 3.05) is 18.9 Å². The van der Waals surface area contributed by atoms with E-state index in [1.807, 2.05) is 25.1 Å². The predicted molar refractivity (Wildman–Crippen MR) is 91.6 cm³/mol. The van der Waals surface area contributed by atoms with Crippen molar-refractivity contribution in [3.63, 3.8) is 0 Å². The fraction of sp³-hybridized carbons (Fsp3) is 0.471. The number of aryl methyl sites for hydroxylation is 1. The largest absolute Gasteiger partial charge is 0.384 e. The molecule has 1 aliphatic heterocycles. The number of anilines is 1. The van der Waals surface area contributed by atoms with Crippen LogP contribution < -0.4 is 11.1 Å². The predicted octanol–water partition coefficient (Wildman–Crippen LogP) is 0.659. The van der Waals surface area contributed by atoms with E-state index in [0.29, 0.717) is 32.1 Å². The van der Waals surface area contributed by atoms with Crippen molar-refractivity contribution in [2.45, 2.75) is 38.6 Å². The zero-order valence-corrected chi connectivity index (χ0v) is 14.2. The lowest BCUT2D eigenvalue weighted by molar-refractivity contribution is -0.127. The van der Waals surface area contributed by atoms with Gasteiger partial charge < -0.3 is 20.5 Å². The second-order valence-electron chi connectivity index (χ2n) is 6.08. The Morgan fingerprint density at radius 2 is 2.40 bits per heavy atom. The molecule has 3 N–H and O–H groups in total. The molecule has 134 valence electrons. The summed E-state index contributed by atoms with van der Waals surface area (Å²) in [5.41, 5.74) is 7.46. The number of aromatic nitrogens is 3. The first kappa shape index (κ1) is 17.4. The molecular weight excluding hydrogens is 322 g/mol. The average molecular weight is 345 g/mol. The average Bonchev–Trinajstić information content (AvgIpc) is 2.92.